The van der Waals surface area contributed by atoms with Gasteiger partial charge in [0.25, 0.3) is 0 Å². The summed E-state index contributed by atoms with van der Waals surface area (Å²) in [5.41, 5.74) is 2.46. The zero-order valence-corrected chi connectivity index (χ0v) is 12.2. The fraction of sp³-hybridized carbons (Fsp3) is 0.625. The Morgan fingerprint density at radius 2 is 1.89 bits per heavy atom. The summed E-state index contributed by atoms with van der Waals surface area (Å²) in [4.78, 5) is 0. The van der Waals surface area contributed by atoms with E-state index in [2.05, 4.69) is 50.4 Å². The number of para-hydroxylation sites is 1. The van der Waals surface area contributed by atoms with E-state index >= 15 is 0 Å². The van der Waals surface area contributed by atoms with Gasteiger partial charge in [-0.2, -0.15) is 0 Å². The minimum absolute atomic E-state index is 0.554. The van der Waals surface area contributed by atoms with E-state index < -0.39 is 0 Å². The standard InChI is InChI=1S/C16H27NO/c1-5-13(3)11-15(6-2)17-16-10-8-7-9-14(16)12-18-4/h7-10,13,15,17H,5-6,11-12H2,1-4H3. The smallest absolute Gasteiger partial charge is 0.0733 e. The zero-order valence-electron chi connectivity index (χ0n) is 12.2. The minimum Gasteiger partial charge on any atom is -0.382 e. The van der Waals surface area contributed by atoms with Crippen molar-refractivity contribution in [3.63, 3.8) is 0 Å². The van der Waals surface area contributed by atoms with Crippen LogP contribution in [0.3, 0.4) is 0 Å². The van der Waals surface area contributed by atoms with Gasteiger partial charge in [0.2, 0.25) is 0 Å². The third-order valence-corrected chi connectivity index (χ3v) is 3.55. The summed E-state index contributed by atoms with van der Waals surface area (Å²) in [6.07, 6.45) is 3.64. The molecular weight excluding hydrogens is 222 g/mol. The van der Waals surface area contributed by atoms with Crippen molar-refractivity contribution < 1.29 is 4.74 Å². The van der Waals surface area contributed by atoms with E-state index in [4.69, 9.17) is 4.74 Å². The highest BCUT2D eigenvalue weighted by molar-refractivity contribution is 5.51. The summed E-state index contributed by atoms with van der Waals surface area (Å²) in [7, 11) is 1.74. The predicted molar refractivity (Wildman–Crippen MR) is 78.9 cm³/mol. The third-order valence-electron chi connectivity index (χ3n) is 3.55. The maximum absolute atomic E-state index is 5.25. The highest BCUT2D eigenvalue weighted by Gasteiger charge is 2.11. The van der Waals surface area contributed by atoms with Crippen LogP contribution in [0.15, 0.2) is 24.3 Å². The molecule has 2 heteroatoms. The number of hydrogen-bond acceptors (Lipinski definition) is 2. The van der Waals surface area contributed by atoms with E-state index in [1.165, 1.54) is 24.1 Å². The van der Waals surface area contributed by atoms with E-state index in [0.29, 0.717) is 12.6 Å². The van der Waals surface area contributed by atoms with Gasteiger partial charge in [-0.25, -0.2) is 0 Å². The highest BCUT2D eigenvalue weighted by Crippen LogP contribution is 2.21. The Hall–Kier alpha value is -1.02. The molecule has 0 amide bonds. The zero-order chi connectivity index (χ0) is 13.4. The molecule has 1 aromatic carbocycles. The normalized spacial score (nSPS) is 14.2. The molecule has 2 atom stereocenters. The average Bonchev–Trinajstić information content (AvgIpc) is 2.40. The Morgan fingerprint density at radius 3 is 2.50 bits per heavy atom. The summed E-state index contributed by atoms with van der Waals surface area (Å²) in [6.45, 7) is 7.50. The fourth-order valence-electron chi connectivity index (χ4n) is 2.14. The molecule has 1 N–H and O–H groups in total. The average molecular weight is 249 g/mol. The molecule has 2 unspecified atom stereocenters. The van der Waals surface area contributed by atoms with Gasteiger partial charge in [0.1, 0.15) is 0 Å². The fourth-order valence-corrected chi connectivity index (χ4v) is 2.14. The van der Waals surface area contributed by atoms with Crippen LogP contribution in [0.4, 0.5) is 5.69 Å². The lowest BCUT2D eigenvalue weighted by Gasteiger charge is -2.23. The molecule has 1 aromatic rings. The lowest BCUT2D eigenvalue weighted by atomic mass is 9.97. The first-order valence-electron chi connectivity index (χ1n) is 7.04. The van der Waals surface area contributed by atoms with Gasteiger partial charge in [-0.1, -0.05) is 45.4 Å². The number of rotatable bonds is 8. The lowest BCUT2D eigenvalue weighted by Crippen LogP contribution is -2.22. The summed E-state index contributed by atoms with van der Waals surface area (Å²) in [5, 5.41) is 3.67. The van der Waals surface area contributed by atoms with Crippen LogP contribution in [-0.4, -0.2) is 13.2 Å². The van der Waals surface area contributed by atoms with Gasteiger partial charge >= 0.3 is 0 Å². The molecule has 2 nitrogen and oxygen atoms in total. The molecule has 0 aliphatic rings. The van der Waals surface area contributed by atoms with E-state index in [9.17, 15) is 0 Å². The van der Waals surface area contributed by atoms with Crippen LogP contribution in [-0.2, 0) is 11.3 Å². The number of nitrogens with one attached hydrogen (secondary N) is 1. The second-order valence-corrected chi connectivity index (χ2v) is 5.09. The molecule has 0 heterocycles. The van der Waals surface area contributed by atoms with Crippen LogP contribution in [0.5, 0.6) is 0 Å². The van der Waals surface area contributed by atoms with Crippen LogP contribution in [0, 0.1) is 5.92 Å². The Kier molecular flexibility index (Phi) is 6.81. The molecule has 0 bridgehead atoms. The van der Waals surface area contributed by atoms with Crippen molar-refractivity contribution >= 4 is 5.69 Å². The Bertz CT molecular complexity index is 338. The van der Waals surface area contributed by atoms with Crippen molar-refractivity contribution in [3.8, 4) is 0 Å². The van der Waals surface area contributed by atoms with Crippen LogP contribution in [0.25, 0.3) is 0 Å². The molecule has 0 spiro atoms. The predicted octanol–water partition coefficient (Wildman–Crippen LogP) is 4.46. The second-order valence-electron chi connectivity index (χ2n) is 5.09. The molecule has 18 heavy (non-hydrogen) atoms. The molecule has 0 radical (unpaired) electrons. The maximum atomic E-state index is 5.25. The molecule has 0 fully saturated rings. The number of methoxy groups -OCH3 is 1. The van der Waals surface area contributed by atoms with Gasteiger partial charge in [0.15, 0.2) is 0 Å². The van der Waals surface area contributed by atoms with Gasteiger partial charge in [-0.15, -0.1) is 0 Å². The number of ether oxygens (including phenoxy) is 1. The molecule has 0 aromatic heterocycles. The summed E-state index contributed by atoms with van der Waals surface area (Å²) in [6, 6.07) is 8.97. The van der Waals surface area contributed by atoms with Crippen molar-refractivity contribution in [2.45, 2.75) is 52.7 Å². The van der Waals surface area contributed by atoms with E-state index in [-0.39, 0.29) is 0 Å². The van der Waals surface area contributed by atoms with Crippen molar-refractivity contribution in [3.05, 3.63) is 29.8 Å². The molecule has 0 saturated carbocycles. The van der Waals surface area contributed by atoms with Gasteiger partial charge in [0.05, 0.1) is 6.61 Å². The Morgan fingerprint density at radius 1 is 1.17 bits per heavy atom. The summed E-state index contributed by atoms with van der Waals surface area (Å²) < 4.78 is 5.25. The number of benzene rings is 1. The van der Waals surface area contributed by atoms with Gasteiger partial charge < -0.3 is 10.1 Å². The van der Waals surface area contributed by atoms with E-state index in [1.807, 2.05) is 0 Å². The SMILES string of the molecule is CCC(C)CC(CC)Nc1ccccc1COC. The first-order chi connectivity index (χ1) is 8.71. The Labute approximate surface area is 112 Å². The summed E-state index contributed by atoms with van der Waals surface area (Å²) >= 11 is 0. The first-order valence-corrected chi connectivity index (χ1v) is 7.04. The largest absolute Gasteiger partial charge is 0.382 e. The maximum Gasteiger partial charge on any atom is 0.0733 e. The van der Waals surface area contributed by atoms with Crippen molar-refractivity contribution in [1.29, 1.82) is 0 Å². The first kappa shape index (κ1) is 15.0. The van der Waals surface area contributed by atoms with Crippen LogP contribution in [0.2, 0.25) is 0 Å². The van der Waals surface area contributed by atoms with E-state index in [1.54, 1.807) is 7.11 Å². The Balaban J connectivity index is 2.68. The molecule has 0 aliphatic carbocycles. The van der Waals surface area contributed by atoms with Crippen molar-refractivity contribution in [2.75, 3.05) is 12.4 Å². The third kappa shape index (κ3) is 4.69. The van der Waals surface area contributed by atoms with Gasteiger partial charge in [0, 0.05) is 24.4 Å². The van der Waals surface area contributed by atoms with Crippen LogP contribution >= 0.6 is 0 Å². The molecular formula is C16H27NO. The molecule has 0 aliphatic heterocycles. The number of hydrogen-bond donors (Lipinski definition) is 1. The number of anilines is 1. The monoisotopic (exact) mass is 249 g/mol. The minimum atomic E-state index is 0.554. The van der Waals surface area contributed by atoms with Crippen LogP contribution in [0.1, 0.15) is 45.6 Å². The van der Waals surface area contributed by atoms with Crippen molar-refractivity contribution in [1.82, 2.24) is 0 Å². The molecule has 1 rings (SSSR count). The highest BCUT2D eigenvalue weighted by atomic mass is 16.5. The van der Waals surface area contributed by atoms with Gasteiger partial charge in [-0.05, 0) is 24.8 Å². The lowest BCUT2D eigenvalue weighted by molar-refractivity contribution is 0.185. The molecule has 0 saturated heterocycles. The van der Waals surface area contributed by atoms with Gasteiger partial charge in [-0.3, -0.25) is 0 Å². The second kappa shape index (κ2) is 8.15. The van der Waals surface area contributed by atoms with Crippen LogP contribution < -0.4 is 5.32 Å². The summed E-state index contributed by atoms with van der Waals surface area (Å²) in [5.74, 6) is 0.775. The topological polar surface area (TPSA) is 21.3 Å². The van der Waals surface area contributed by atoms with Crippen molar-refractivity contribution in [2.24, 2.45) is 5.92 Å². The quantitative estimate of drug-likeness (QED) is 0.734. The molecule has 102 valence electrons. The van der Waals surface area contributed by atoms with E-state index in [0.717, 1.165) is 12.3 Å².